The third-order valence-corrected chi connectivity index (χ3v) is 4.63. The van der Waals surface area contributed by atoms with Crippen LogP contribution in [0.2, 0.25) is 0 Å². The number of halogens is 1. The second-order valence-electron chi connectivity index (χ2n) is 5.02. The molecule has 2 N–H and O–H groups in total. The zero-order valence-corrected chi connectivity index (χ0v) is 15.5. The summed E-state index contributed by atoms with van der Waals surface area (Å²) in [7, 11) is -1.17. The molecule has 1 atom stereocenters. The van der Waals surface area contributed by atoms with Gasteiger partial charge < -0.3 is 15.4 Å². The van der Waals surface area contributed by atoms with Gasteiger partial charge in [-0.3, -0.25) is 4.99 Å². The molecule has 120 valence electrons. The number of ether oxygens (including phenoxy) is 1. The number of sulfone groups is 1. The van der Waals surface area contributed by atoms with Crippen LogP contribution >= 0.6 is 24.0 Å². The summed E-state index contributed by atoms with van der Waals surface area (Å²) < 4.78 is 28.2. The molecule has 0 saturated carbocycles. The highest BCUT2D eigenvalue weighted by Crippen LogP contribution is 2.10. The monoisotopic (exact) mass is 419 g/mol. The Kier molecular flexibility index (Phi) is 9.73. The molecule has 1 fully saturated rings. The van der Waals surface area contributed by atoms with Crippen LogP contribution in [0, 0.1) is 0 Å². The lowest BCUT2D eigenvalue weighted by molar-refractivity contribution is 0.0776. The topological polar surface area (TPSA) is 79.8 Å². The number of nitrogens with zero attached hydrogens (tertiary/aromatic N) is 1. The molecule has 0 aliphatic carbocycles. The summed E-state index contributed by atoms with van der Waals surface area (Å²) in [6.07, 6.45) is 1.79. The van der Waals surface area contributed by atoms with E-state index in [0.717, 1.165) is 13.0 Å². The van der Waals surface area contributed by atoms with Crippen LogP contribution in [0.3, 0.4) is 0 Å². The molecule has 1 aliphatic rings. The molecule has 0 aromatic heterocycles. The summed E-state index contributed by atoms with van der Waals surface area (Å²) in [5, 5.41) is 6.30. The second kappa shape index (κ2) is 9.78. The smallest absolute Gasteiger partial charge is 0.191 e. The first kappa shape index (κ1) is 19.9. The highest BCUT2D eigenvalue weighted by molar-refractivity contribution is 14.0. The van der Waals surface area contributed by atoms with Crippen molar-refractivity contribution in [2.24, 2.45) is 4.99 Å². The van der Waals surface area contributed by atoms with E-state index in [1.165, 1.54) is 0 Å². The Labute approximate surface area is 139 Å². The van der Waals surface area contributed by atoms with Crippen molar-refractivity contribution in [1.82, 2.24) is 10.6 Å². The summed E-state index contributed by atoms with van der Waals surface area (Å²) >= 11 is 0. The minimum atomic E-state index is -2.85. The summed E-state index contributed by atoms with van der Waals surface area (Å²) in [6.45, 7) is 5.48. The normalized spacial score (nSPS) is 21.6. The van der Waals surface area contributed by atoms with Crippen LogP contribution in [0.5, 0.6) is 0 Å². The van der Waals surface area contributed by atoms with Gasteiger partial charge in [-0.15, -0.1) is 24.0 Å². The summed E-state index contributed by atoms with van der Waals surface area (Å²) in [4.78, 5) is 4.09. The Morgan fingerprint density at radius 1 is 1.45 bits per heavy atom. The Morgan fingerprint density at radius 2 is 2.15 bits per heavy atom. The zero-order valence-electron chi connectivity index (χ0n) is 12.4. The van der Waals surface area contributed by atoms with Crippen LogP contribution in [-0.4, -0.2) is 58.2 Å². The first-order valence-electron chi connectivity index (χ1n) is 6.72. The van der Waals surface area contributed by atoms with Crippen molar-refractivity contribution in [3.05, 3.63) is 0 Å². The lowest BCUT2D eigenvalue weighted by Gasteiger charge is -2.16. The molecule has 0 aromatic carbocycles. The van der Waals surface area contributed by atoms with Crippen LogP contribution in [0.15, 0.2) is 4.99 Å². The molecule has 1 rings (SSSR count). The van der Waals surface area contributed by atoms with E-state index in [1.807, 2.05) is 13.8 Å². The molecule has 1 heterocycles. The fraction of sp³-hybridized carbons (Fsp3) is 0.917. The van der Waals surface area contributed by atoms with Gasteiger partial charge in [-0.25, -0.2) is 8.42 Å². The predicted molar refractivity (Wildman–Crippen MR) is 92.7 cm³/mol. The fourth-order valence-electron chi connectivity index (χ4n) is 1.89. The van der Waals surface area contributed by atoms with Crippen molar-refractivity contribution in [1.29, 1.82) is 0 Å². The summed E-state index contributed by atoms with van der Waals surface area (Å²) in [5.41, 5.74) is 0. The maximum atomic E-state index is 11.4. The molecule has 0 amide bonds. The molecule has 0 spiro atoms. The number of hydrogen-bond acceptors (Lipinski definition) is 4. The first-order chi connectivity index (χ1) is 8.93. The number of aliphatic imine (C=N–C) groups is 1. The Hall–Kier alpha value is -0.0900. The third kappa shape index (κ3) is 8.25. The van der Waals surface area contributed by atoms with Crippen molar-refractivity contribution < 1.29 is 13.2 Å². The van der Waals surface area contributed by atoms with Gasteiger partial charge in [0.05, 0.1) is 17.6 Å². The van der Waals surface area contributed by atoms with Gasteiger partial charge in [0, 0.05) is 26.2 Å². The van der Waals surface area contributed by atoms with Crippen LogP contribution < -0.4 is 10.6 Å². The predicted octanol–water partition coefficient (Wildman–Crippen LogP) is 0.772. The molecule has 20 heavy (non-hydrogen) atoms. The van der Waals surface area contributed by atoms with E-state index in [2.05, 4.69) is 15.6 Å². The molecule has 0 radical (unpaired) electrons. The van der Waals surface area contributed by atoms with Crippen LogP contribution in [-0.2, 0) is 14.6 Å². The van der Waals surface area contributed by atoms with Gasteiger partial charge in [-0.2, -0.15) is 0 Å². The van der Waals surface area contributed by atoms with Gasteiger partial charge in [0.1, 0.15) is 0 Å². The van der Waals surface area contributed by atoms with E-state index in [9.17, 15) is 8.42 Å². The van der Waals surface area contributed by atoms with Crippen molar-refractivity contribution in [3.63, 3.8) is 0 Å². The van der Waals surface area contributed by atoms with E-state index in [0.29, 0.717) is 19.0 Å². The van der Waals surface area contributed by atoms with E-state index in [-0.39, 0.29) is 47.6 Å². The molecular formula is C12H26IN3O3S. The van der Waals surface area contributed by atoms with E-state index < -0.39 is 9.84 Å². The largest absolute Gasteiger partial charge is 0.379 e. The number of hydrogen-bond donors (Lipinski definition) is 2. The fourth-order valence-corrected chi connectivity index (χ4v) is 3.57. The minimum absolute atomic E-state index is 0. The molecular weight excluding hydrogens is 393 g/mol. The van der Waals surface area contributed by atoms with Crippen molar-refractivity contribution in [2.75, 3.05) is 31.7 Å². The van der Waals surface area contributed by atoms with Gasteiger partial charge in [-0.1, -0.05) is 0 Å². The molecule has 1 unspecified atom stereocenters. The van der Waals surface area contributed by atoms with Crippen molar-refractivity contribution in [2.45, 2.75) is 38.8 Å². The average Bonchev–Trinajstić information content (AvgIpc) is 2.66. The Morgan fingerprint density at radius 3 is 2.65 bits per heavy atom. The standard InChI is InChI=1S/C12H25N3O3S.HI/c1-10(2)18-7-4-6-14-12(13-3)15-11-5-8-19(16,17)9-11;/h10-11H,4-9H2,1-3H3,(H2,13,14,15);1H. The second-order valence-corrected chi connectivity index (χ2v) is 7.25. The summed E-state index contributed by atoms with van der Waals surface area (Å²) in [6, 6.07) is -0.0249. The molecule has 1 saturated heterocycles. The lowest BCUT2D eigenvalue weighted by atomic mass is 10.3. The molecule has 6 nitrogen and oxygen atoms in total. The minimum Gasteiger partial charge on any atom is -0.379 e. The molecule has 0 aromatic rings. The van der Waals surface area contributed by atoms with Gasteiger partial charge in [0.15, 0.2) is 15.8 Å². The Balaban J connectivity index is 0.00000361. The van der Waals surface area contributed by atoms with Crippen LogP contribution in [0.1, 0.15) is 26.7 Å². The molecule has 0 bridgehead atoms. The lowest BCUT2D eigenvalue weighted by Crippen LogP contribution is -2.44. The molecule has 8 heteroatoms. The third-order valence-electron chi connectivity index (χ3n) is 2.86. The highest BCUT2D eigenvalue weighted by atomic mass is 127. The van der Waals surface area contributed by atoms with Crippen LogP contribution in [0.4, 0.5) is 0 Å². The van der Waals surface area contributed by atoms with Gasteiger partial charge in [0.25, 0.3) is 0 Å². The van der Waals surface area contributed by atoms with E-state index in [4.69, 9.17) is 4.74 Å². The van der Waals surface area contributed by atoms with E-state index >= 15 is 0 Å². The molecule has 1 aliphatic heterocycles. The average molecular weight is 419 g/mol. The zero-order chi connectivity index (χ0) is 14.3. The SMILES string of the molecule is CN=C(NCCCOC(C)C)NC1CCS(=O)(=O)C1.I. The number of rotatable bonds is 6. The van der Waals surface area contributed by atoms with Crippen molar-refractivity contribution >= 4 is 39.8 Å². The maximum absolute atomic E-state index is 11.4. The number of nitrogens with one attached hydrogen (secondary N) is 2. The highest BCUT2D eigenvalue weighted by Gasteiger charge is 2.28. The van der Waals surface area contributed by atoms with E-state index in [1.54, 1.807) is 7.05 Å². The Bertz CT molecular complexity index is 399. The van der Waals surface area contributed by atoms with Gasteiger partial charge in [0.2, 0.25) is 0 Å². The maximum Gasteiger partial charge on any atom is 0.191 e. The van der Waals surface area contributed by atoms with Crippen molar-refractivity contribution in [3.8, 4) is 0 Å². The number of guanidine groups is 1. The van der Waals surface area contributed by atoms with Gasteiger partial charge in [-0.05, 0) is 26.7 Å². The van der Waals surface area contributed by atoms with Gasteiger partial charge >= 0.3 is 0 Å². The summed E-state index contributed by atoms with van der Waals surface area (Å²) in [5.74, 6) is 1.13. The first-order valence-corrected chi connectivity index (χ1v) is 8.54. The van der Waals surface area contributed by atoms with Crippen LogP contribution in [0.25, 0.3) is 0 Å². The quantitative estimate of drug-likeness (QED) is 0.288.